The Labute approximate surface area is 88.5 Å². The van der Waals surface area contributed by atoms with Crippen LogP contribution in [0.1, 0.15) is 11.7 Å². The van der Waals surface area contributed by atoms with Gasteiger partial charge in [-0.3, -0.25) is 0 Å². The number of aliphatic hydroxyl groups is 1. The highest BCUT2D eigenvalue weighted by Crippen LogP contribution is 2.36. The van der Waals surface area contributed by atoms with Crippen molar-refractivity contribution in [1.29, 1.82) is 0 Å². The molecule has 0 radical (unpaired) electrons. The molecule has 0 saturated carbocycles. The molecule has 0 amide bonds. The fourth-order valence-electron chi connectivity index (χ4n) is 1.15. The zero-order chi connectivity index (χ0) is 12.3. The van der Waals surface area contributed by atoms with Crippen LogP contribution in [0.3, 0.4) is 0 Å². The van der Waals surface area contributed by atoms with E-state index in [1.807, 2.05) is 0 Å². The number of alkyl halides is 5. The molecule has 1 N–H and O–H groups in total. The van der Waals surface area contributed by atoms with E-state index in [-0.39, 0.29) is 5.56 Å². The summed E-state index contributed by atoms with van der Waals surface area (Å²) in [6, 6.07) is 6.64. The van der Waals surface area contributed by atoms with Crippen molar-refractivity contribution in [3.63, 3.8) is 0 Å². The smallest absolute Gasteiger partial charge is 0.340 e. The first-order chi connectivity index (χ1) is 7.37. The predicted molar refractivity (Wildman–Crippen MR) is 47.2 cm³/mol. The topological polar surface area (TPSA) is 20.2 Å². The maximum Gasteiger partial charge on any atom is 0.340 e. The molecule has 90 valence electrons. The van der Waals surface area contributed by atoms with E-state index in [4.69, 9.17) is 0 Å². The Morgan fingerprint density at radius 2 is 1.50 bits per heavy atom. The van der Waals surface area contributed by atoms with Crippen molar-refractivity contribution in [2.24, 2.45) is 0 Å². The summed E-state index contributed by atoms with van der Waals surface area (Å²) in [5.74, 6) is -4.87. The van der Waals surface area contributed by atoms with E-state index in [0.717, 1.165) is 0 Å². The maximum atomic E-state index is 13.0. The first-order valence-electron chi connectivity index (χ1n) is 4.40. The summed E-state index contributed by atoms with van der Waals surface area (Å²) in [6.45, 7) is 0. The molecule has 0 saturated heterocycles. The SMILES string of the molecule is OC(c1ccccc1)C(F)C(F)(F)C(F)F. The van der Waals surface area contributed by atoms with Crippen LogP contribution >= 0.6 is 0 Å². The fourth-order valence-corrected chi connectivity index (χ4v) is 1.15. The minimum absolute atomic E-state index is 0.171. The van der Waals surface area contributed by atoms with Gasteiger partial charge < -0.3 is 5.11 Å². The molecule has 0 aliphatic rings. The quantitative estimate of drug-likeness (QED) is 0.802. The van der Waals surface area contributed by atoms with Crippen molar-refractivity contribution < 1.29 is 27.1 Å². The fraction of sp³-hybridized carbons (Fsp3) is 0.400. The zero-order valence-electron chi connectivity index (χ0n) is 7.96. The van der Waals surface area contributed by atoms with E-state index < -0.39 is 24.6 Å². The van der Waals surface area contributed by atoms with Crippen molar-refractivity contribution >= 4 is 0 Å². The highest BCUT2D eigenvalue weighted by atomic mass is 19.3. The van der Waals surface area contributed by atoms with Crippen LogP contribution in [0.15, 0.2) is 30.3 Å². The molecule has 2 unspecified atom stereocenters. The number of benzene rings is 1. The number of aliphatic hydroxyl groups excluding tert-OH is 1. The van der Waals surface area contributed by atoms with Gasteiger partial charge >= 0.3 is 12.3 Å². The summed E-state index contributed by atoms with van der Waals surface area (Å²) in [5.41, 5.74) is -0.171. The second-order valence-corrected chi connectivity index (χ2v) is 3.23. The van der Waals surface area contributed by atoms with Gasteiger partial charge in [0.25, 0.3) is 0 Å². The maximum absolute atomic E-state index is 13.0. The Morgan fingerprint density at radius 1 is 1.00 bits per heavy atom. The molecule has 0 bridgehead atoms. The van der Waals surface area contributed by atoms with Crippen molar-refractivity contribution in [2.45, 2.75) is 24.6 Å². The van der Waals surface area contributed by atoms with E-state index in [1.54, 1.807) is 0 Å². The normalized spacial score (nSPS) is 16.2. The van der Waals surface area contributed by atoms with Gasteiger partial charge in [-0.05, 0) is 5.56 Å². The number of halogens is 5. The van der Waals surface area contributed by atoms with Crippen molar-refractivity contribution in [1.82, 2.24) is 0 Å². The second-order valence-electron chi connectivity index (χ2n) is 3.23. The summed E-state index contributed by atoms with van der Waals surface area (Å²) < 4.78 is 61.9. The van der Waals surface area contributed by atoms with Crippen LogP contribution in [0.2, 0.25) is 0 Å². The van der Waals surface area contributed by atoms with Gasteiger partial charge in [0.15, 0.2) is 6.17 Å². The van der Waals surface area contributed by atoms with Crippen LogP contribution < -0.4 is 0 Å². The van der Waals surface area contributed by atoms with E-state index >= 15 is 0 Å². The van der Waals surface area contributed by atoms with Crippen LogP contribution in [0, 0.1) is 0 Å². The lowest BCUT2D eigenvalue weighted by Gasteiger charge is -2.24. The Balaban J connectivity index is 2.87. The van der Waals surface area contributed by atoms with Gasteiger partial charge in [0, 0.05) is 0 Å². The molecule has 0 heterocycles. The van der Waals surface area contributed by atoms with Crippen LogP contribution in [0.4, 0.5) is 22.0 Å². The van der Waals surface area contributed by atoms with Crippen molar-refractivity contribution in [3.8, 4) is 0 Å². The number of rotatable bonds is 4. The van der Waals surface area contributed by atoms with Gasteiger partial charge in [0.2, 0.25) is 0 Å². The van der Waals surface area contributed by atoms with Crippen LogP contribution in [-0.2, 0) is 0 Å². The monoisotopic (exact) mass is 240 g/mol. The van der Waals surface area contributed by atoms with E-state index in [1.165, 1.54) is 30.3 Å². The Hall–Kier alpha value is -1.17. The first-order valence-corrected chi connectivity index (χ1v) is 4.40. The molecule has 1 aromatic rings. The molecular formula is C10H9F5O. The molecular weight excluding hydrogens is 231 g/mol. The van der Waals surface area contributed by atoms with E-state index in [9.17, 15) is 27.1 Å². The Kier molecular flexibility index (Phi) is 3.85. The standard InChI is InChI=1S/C10H9F5O/c11-8(10(14,15)9(12)13)7(16)6-4-2-1-3-5-6/h1-5,7-9,16H. The Morgan fingerprint density at radius 3 is 1.94 bits per heavy atom. The highest BCUT2D eigenvalue weighted by molar-refractivity contribution is 5.19. The zero-order valence-corrected chi connectivity index (χ0v) is 7.96. The summed E-state index contributed by atoms with van der Waals surface area (Å²) in [7, 11) is 0. The minimum Gasteiger partial charge on any atom is -0.385 e. The molecule has 0 spiro atoms. The van der Waals surface area contributed by atoms with Gasteiger partial charge in [-0.2, -0.15) is 8.78 Å². The van der Waals surface area contributed by atoms with Crippen LogP contribution in [0.5, 0.6) is 0 Å². The van der Waals surface area contributed by atoms with Crippen molar-refractivity contribution in [3.05, 3.63) is 35.9 Å². The lowest BCUT2D eigenvalue weighted by Crippen LogP contribution is -2.41. The van der Waals surface area contributed by atoms with Crippen LogP contribution in [0.25, 0.3) is 0 Å². The van der Waals surface area contributed by atoms with Crippen LogP contribution in [-0.4, -0.2) is 23.6 Å². The third-order valence-electron chi connectivity index (χ3n) is 2.08. The predicted octanol–water partition coefficient (Wildman–Crippen LogP) is 2.96. The number of hydrogen-bond donors (Lipinski definition) is 1. The van der Waals surface area contributed by atoms with Gasteiger partial charge in [-0.1, -0.05) is 30.3 Å². The summed E-state index contributed by atoms with van der Waals surface area (Å²) in [4.78, 5) is 0. The second kappa shape index (κ2) is 4.78. The van der Waals surface area contributed by atoms with E-state index in [2.05, 4.69) is 0 Å². The van der Waals surface area contributed by atoms with Crippen molar-refractivity contribution in [2.75, 3.05) is 0 Å². The molecule has 16 heavy (non-hydrogen) atoms. The average Bonchev–Trinajstić information content (AvgIpc) is 2.28. The molecule has 6 heteroatoms. The van der Waals surface area contributed by atoms with Gasteiger partial charge in [0.1, 0.15) is 6.10 Å². The average molecular weight is 240 g/mol. The lowest BCUT2D eigenvalue weighted by atomic mass is 10.0. The highest BCUT2D eigenvalue weighted by Gasteiger charge is 2.52. The molecule has 1 aromatic carbocycles. The van der Waals surface area contributed by atoms with Gasteiger partial charge in [-0.25, -0.2) is 13.2 Å². The third kappa shape index (κ3) is 2.49. The summed E-state index contributed by atoms with van der Waals surface area (Å²) in [6.07, 6.45) is -9.76. The first kappa shape index (κ1) is 12.9. The molecule has 1 rings (SSSR count). The van der Waals surface area contributed by atoms with Gasteiger partial charge in [-0.15, -0.1) is 0 Å². The summed E-state index contributed by atoms with van der Waals surface area (Å²) >= 11 is 0. The number of hydrogen-bond acceptors (Lipinski definition) is 1. The largest absolute Gasteiger partial charge is 0.385 e. The molecule has 0 fully saturated rings. The minimum atomic E-state index is -4.87. The molecule has 0 aliphatic carbocycles. The molecule has 0 aliphatic heterocycles. The van der Waals surface area contributed by atoms with Gasteiger partial charge in [0.05, 0.1) is 0 Å². The lowest BCUT2D eigenvalue weighted by molar-refractivity contribution is -0.194. The molecule has 0 aromatic heterocycles. The Bertz CT molecular complexity index is 327. The molecule has 2 atom stereocenters. The summed E-state index contributed by atoms with van der Waals surface area (Å²) in [5, 5.41) is 9.19. The third-order valence-corrected chi connectivity index (χ3v) is 2.08. The molecule has 1 nitrogen and oxygen atoms in total. The van der Waals surface area contributed by atoms with E-state index in [0.29, 0.717) is 0 Å².